The second kappa shape index (κ2) is 5.43. The molecule has 0 fully saturated rings. The summed E-state index contributed by atoms with van der Waals surface area (Å²) in [5, 5.41) is 9.00. The highest BCUT2D eigenvalue weighted by atomic mass is 32.1. The third-order valence-corrected chi connectivity index (χ3v) is 4.80. The summed E-state index contributed by atoms with van der Waals surface area (Å²) in [6, 6.07) is 2.05. The zero-order valence-corrected chi connectivity index (χ0v) is 12.3. The molecule has 1 aliphatic rings. The first-order valence-corrected chi connectivity index (χ1v) is 7.80. The molecule has 4 nitrogen and oxygen atoms in total. The fourth-order valence-corrected chi connectivity index (χ4v) is 3.82. The van der Waals surface area contributed by atoms with Crippen molar-refractivity contribution in [3.63, 3.8) is 0 Å². The Morgan fingerprint density at radius 1 is 1.53 bits per heavy atom. The highest BCUT2D eigenvalue weighted by Gasteiger charge is 2.25. The van der Waals surface area contributed by atoms with Crippen molar-refractivity contribution >= 4 is 11.3 Å². The fraction of sp³-hybridized carbons (Fsp3) is 0.571. The third kappa shape index (κ3) is 2.58. The number of nitrogens with zero attached hydrogens (tertiary/aromatic N) is 3. The second-order valence-electron chi connectivity index (χ2n) is 5.10. The van der Waals surface area contributed by atoms with E-state index < -0.39 is 0 Å². The van der Waals surface area contributed by atoms with Crippen molar-refractivity contribution in [1.29, 1.82) is 0 Å². The molecule has 1 atom stereocenters. The molecule has 0 radical (unpaired) electrons. The van der Waals surface area contributed by atoms with Crippen LogP contribution >= 0.6 is 11.3 Å². The molecule has 2 aromatic heterocycles. The van der Waals surface area contributed by atoms with Gasteiger partial charge >= 0.3 is 0 Å². The molecule has 1 aliphatic carbocycles. The normalized spacial score (nSPS) is 18.5. The number of hydrogen-bond donors (Lipinski definition) is 1. The van der Waals surface area contributed by atoms with Gasteiger partial charge in [-0.25, -0.2) is 4.98 Å². The number of thiazole rings is 1. The molecule has 1 unspecified atom stereocenters. The Bertz CT molecular complexity index is 558. The van der Waals surface area contributed by atoms with Gasteiger partial charge in [0.15, 0.2) is 0 Å². The zero-order valence-electron chi connectivity index (χ0n) is 11.5. The van der Waals surface area contributed by atoms with E-state index in [1.165, 1.54) is 29.8 Å². The third-order valence-electron chi connectivity index (χ3n) is 3.64. The Balaban J connectivity index is 1.88. The lowest BCUT2D eigenvalue weighted by Crippen LogP contribution is -2.23. The Kier molecular flexibility index (Phi) is 3.66. The largest absolute Gasteiger partial charge is 0.316 e. The maximum atomic E-state index is 4.87. The van der Waals surface area contributed by atoms with Crippen LogP contribution in [-0.4, -0.2) is 27.9 Å². The molecule has 3 rings (SSSR count). The van der Waals surface area contributed by atoms with Gasteiger partial charge in [0.2, 0.25) is 0 Å². The van der Waals surface area contributed by atoms with Crippen LogP contribution in [0.4, 0.5) is 0 Å². The molecule has 5 heteroatoms. The van der Waals surface area contributed by atoms with Crippen LogP contribution in [0, 0.1) is 0 Å². The second-order valence-corrected chi connectivity index (χ2v) is 6.18. The summed E-state index contributed by atoms with van der Waals surface area (Å²) < 4.78 is 1.84. The average molecular weight is 276 g/mol. The lowest BCUT2D eigenvalue weighted by Gasteiger charge is -2.21. The van der Waals surface area contributed by atoms with Gasteiger partial charge < -0.3 is 5.32 Å². The number of rotatable bonds is 4. The highest BCUT2D eigenvalue weighted by Crippen LogP contribution is 2.37. The number of hydrogen-bond acceptors (Lipinski definition) is 4. The Hall–Kier alpha value is -1.20. The lowest BCUT2D eigenvalue weighted by molar-refractivity contribution is 0.509. The van der Waals surface area contributed by atoms with E-state index in [4.69, 9.17) is 4.98 Å². The van der Waals surface area contributed by atoms with Crippen LogP contribution in [0.1, 0.15) is 36.3 Å². The van der Waals surface area contributed by atoms with Gasteiger partial charge in [0.1, 0.15) is 10.7 Å². The van der Waals surface area contributed by atoms with Crippen LogP contribution in [0.25, 0.3) is 10.7 Å². The quantitative estimate of drug-likeness (QED) is 0.933. The Morgan fingerprint density at radius 3 is 3.16 bits per heavy atom. The first-order chi connectivity index (χ1) is 9.28. The van der Waals surface area contributed by atoms with Crippen molar-refractivity contribution in [2.45, 2.75) is 32.1 Å². The van der Waals surface area contributed by atoms with Crippen LogP contribution in [0.2, 0.25) is 0 Å². The number of nitrogens with one attached hydrogen (secondary N) is 1. The number of fused-ring (bicyclic) bond motifs is 1. The van der Waals surface area contributed by atoms with Gasteiger partial charge in [0.25, 0.3) is 0 Å². The maximum Gasteiger partial charge on any atom is 0.144 e. The van der Waals surface area contributed by atoms with Crippen LogP contribution in [0.5, 0.6) is 0 Å². The number of likely N-dealkylation sites (N-methyl/N-ethyl adjacent to an activating group) is 1. The van der Waals surface area contributed by atoms with E-state index in [1.54, 1.807) is 0 Å². The smallest absolute Gasteiger partial charge is 0.144 e. The van der Waals surface area contributed by atoms with Crippen molar-refractivity contribution < 1.29 is 0 Å². The van der Waals surface area contributed by atoms with Gasteiger partial charge in [-0.05, 0) is 31.9 Å². The zero-order chi connectivity index (χ0) is 13.2. The molecule has 0 bridgehead atoms. The Morgan fingerprint density at radius 2 is 2.42 bits per heavy atom. The van der Waals surface area contributed by atoms with E-state index in [9.17, 15) is 0 Å². The topological polar surface area (TPSA) is 42.7 Å². The van der Waals surface area contributed by atoms with Crippen molar-refractivity contribution in [3.05, 3.63) is 22.8 Å². The van der Waals surface area contributed by atoms with Gasteiger partial charge in [-0.3, -0.25) is 4.68 Å². The average Bonchev–Trinajstić information content (AvgIpc) is 3.02. The molecule has 0 amide bonds. The SMILES string of the molecule is CCNCC1CCCc2sc(-c3ccn(C)n3)nc21. The van der Waals surface area contributed by atoms with Gasteiger partial charge in [-0.1, -0.05) is 6.92 Å². The molecule has 0 saturated carbocycles. The highest BCUT2D eigenvalue weighted by molar-refractivity contribution is 7.15. The first kappa shape index (κ1) is 12.8. The Labute approximate surface area is 117 Å². The van der Waals surface area contributed by atoms with Gasteiger partial charge in [0, 0.05) is 30.6 Å². The molecule has 0 spiro atoms. The predicted molar refractivity (Wildman–Crippen MR) is 78.5 cm³/mol. The van der Waals surface area contributed by atoms with E-state index in [1.807, 2.05) is 35.3 Å². The fourth-order valence-electron chi connectivity index (χ4n) is 2.66. The first-order valence-electron chi connectivity index (χ1n) is 6.98. The van der Waals surface area contributed by atoms with E-state index >= 15 is 0 Å². The summed E-state index contributed by atoms with van der Waals surface area (Å²) in [5.74, 6) is 0.581. The van der Waals surface area contributed by atoms with E-state index in [-0.39, 0.29) is 0 Å². The summed E-state index contributed by atoms with van der Waals surface area (Å²) >= 11 is 1.82. The number of aromatic nitrogens is 3. The molecule has 0 aliphatic heterocycles. The molecule has 102 valence electrons. The van der Waals surface area contributed by atoms with Crippen molar-refractivity contribution in [3.8, 4) is 10.7 Å². The standard InChI is InChI=1S/C14H20N4S/c1-3-15-9-10-5-4-6-12-13(10)16-14(19-12)11-7-8-18(2)17-11/h7-8,10,15H,3-6,9H2,1-2H3. The van der Waals surface area contributed by atoms with Crippen LogP contribution in [0.3, 0.4) is 0 Å². The van der Waals surface area contributed by atoms with Crippen molar-refractivity contribution in [1.82, 2.24) is 20.1 Å². The predicted octanol–water partition coefficient (Wildman–Crippen LogP) is 2.57. The van der Waals surface area contributed by atoms with Crippen molar-refractivity contribution in [2.75, 3.05) is 13.1 Å². The van der Waals surface area contributed by atoms with Crippen molar-refractivity contribution in [2.24, 2.45) is 7.05 Å². The summed E-state index contributed by atoms with van der Waals surface area (Å²) in [5.41, 5.74) is 2.32. The van der Waals surface area contributed by atoms with Gasteiger partial charge in [-0.2, -0.15) is 5.10 Å². The molecule has 2 aromatic rings. The summed E-state index contributed by atoms with van der Waals surface area (Å²) in [6.45, 7) is 4.24. The molecule has 19 heavy (non-hydrogen) atoms. The van der Waals surface area contributed by atoms with Crippen LogP contribution < -0.4 is 5.32 Å². The van der Waals surface area contributed by atoms with E-state index in [0.717, 1.165) is 23.8 Å². The van der Waals surface area contributed by atoms with Gasteiger partial charge in [-0.15, -0.1) is 11.3 Å². The minimum atomic E-state index is 0.581. The summed E-state index contributed by atoms with van der Waals surface area (Å²) in [4.78, 5) is 6.34. The molecule has 2 heterocycles. The van der Waals surface area contributed by atoms with E-state index in [0.29, 0.717) is 5.92 Å². The van der Waals surface area contributed by atoms with Crippen LogP contribution in [0.15, 0.2) is 12.3 Å². The molecule has 0 saturated heterocycles. The number of aryl methyl sites for hydroxylation is 2. The molecular formula is C14H20N4S. The minimum absolute atomic E-state index is 0.581. The molecular weight excluding hydrogens is 256 g/mol. The summed E-state index contributed by atoms with van der Waals surface area (Å²) in [7, 11) is 1.95. The van der Waals surface area contributed by atoms with Crippen LogP contribution in [-0.2, 0) is 13.5 Å². The van der Waals surface area contributed by atoms with E-state index in [2.05, 4.69) is 17.3 Å². The monoisotopic (exact) mass is 276 g/mol. The summed E-state index contributed by atoms with van der Waals surface area (Å²) in [6.07, 6.45) is 5.70. The molecule has 1 N–H and O–H groups in total. The minimum Gasteiger partial charge on any atom is -0.316 e. The maximum absolute atomic E-state index is 4.87. The molecule has 0 aromatic carbocycles. The van der Waals surface area contributed by atoms with Gasteiger partial charge in [0.05, 0.1) is 5.69 Å². The lowest BCUT2D eigenvalue weighted by atomic mass is 9.91.